The fourth-order valence-electron chi connectivity index (χ4n) is 5.40. The third-order valence-corrected chi connectivity index (χ3v) is 8.84. The molecule has 2 amide bonds. The number of hydrogen-bond acceptors (Lipinski definition) is 9. The Kier molecular flexibility index (Phi) is 10.4. The summed E-state index contributed by atoms with van der Waals surface area (Å²) < 4.78 is 23.5. The molecule has 3 aromatic heterocycles. The van der Waals surface area contributed by atoms with Crippen molar-refractivity contribution < 1.29 is 23.8 Å². The summed E-state index contributed by atoms with van der Waals surface area (Å²) in [6.07, 6.45) is 7.15. The van der Waals surface area contributed by atoms with Crippen LogP contribution in [0.1, 0.15) is 25.7 Å². The third-order valence-electron chi connectivity index (χ3n) is 7.68. The van der Waals surface area contributed by atoms with Crippen LogP contribution in [0.3, 0.4) is 0 Å². The van der Waals surface area contributed by atoms with E-state index in [-0.39, 0.29) is 30.3 Å². The standard InChI is InChI=1S/C34H36FN7O4S/c35-25-17-24(40-32(44)19-31(43)39-23-7-2-1-3-8-23)9-10-28(25)46-29-11-13-36-26-18-30(47-34(26)29)27-20-42(22-38-27)21-33(45)37-12-6-16-41-14-4-5-15-41/h1-3,7-11,13,17-18,20,22,31,39,43H,4-6,12,14-16,19,21H2,(H,37,45)(H,40,44). The highest BCUT2D eigenvalue weighted by Crippen LogP contribution is 2.39. The molecule has 4 N–H and O–H groups in total. The number of aliphatic hydroxyl groups excluding tert-OH is 1. The van der Waals surface area contributed by atoms with Crippen LogP contribution in [-0.2, 0) is 16.1 Å². The Hall–Kier alpha value is -4.85. The number of fused-ring (bicyclic) bond motifs is 1. The Bertz CT molecular complexity index is 1820. The van der Waals surface area contributed by atoms with E-state index in [0.29, 0.717) is 33.9 Å². The van der Waals surface area contributed by atoms with Gasteiger partial charge in [-0.05, 0) is 69.2 Å². The number of anilines is 2. The predicted octanol–water partition coefficient (Wildman–Crippen LogP) is 5.45. The Labute approximate surface area is 275 Å². The normalized spacial score (nSPS) is 13.8. The first-order chi connectivity index (χ1) is 22.9. The number of aliphatic hydroxyl groups is 1. The van der Waals surface area contributed by atoms with Crippen molar-refractivity contribution in [1.29, 1.82) is 0 Å². The van der Waals surface area contributed by atoms with E-state index >= 15 is 4.39 Å². The van der Waals surface area contributed by atoms with E-state index in [2.05, 4.69) is 30.8 Å². The molecule has 5 aromatic rings. The molecule has 244 valence electrons. The summed E-state index contributed by atoms with van der Waals surface area (Å²) in [4.78, 5) is 37.1. The molecule has 1 fully saturated rings. The van der Waals surface area contributed by atoms with Crippen molar-refractivity contribution in [3.8, 4) is 22.1 Å². The molecule has 0 radical (unpaired) electrons. The predicted molar refractivity (Wildman–Crippen MR) is 180 cm³/mol. The summed E-state index contributed by atoms with van der Waals surface area (Å²) in [6.45, 7) is 4.14. The fourth-order valence-corrected chi connectivity index (χ4v) is 6.43. The molecule has 0 spiro atoms. The molecule has 47 heavy (non-hydrogen) atoms. The molecule has 6 rings (SSSR count). The lowest BCUT2D eigenvalue weighted by atomic mass is 10.2. The minimum atomic E-state index is -1.11. The van der Waals surface area contributed by atoms with Gasteiger partial charge in [0, 0.05) is 42.4 Å². The summed E-state index contributed by atoms with van der Waals surface area (Å²) in [5.41, 5.74) is 2.27. The van der Waals surface area contributed by atoms with E-state index in [1.807, 2.05) is 30.5 Å². The van der Waals surface area contributed by atoms with Gasteiger partial charge in [0.1, 0.15) is 18.5 Å². The van der Waals surface area contributed by atoms with Crippen molar-refractivity contribution in [1.82, 2.24) is 24.8 Å². The molecule has 2 aromatic carbocycles. The molecule has 13 heteroatoms. The number of carbonyl (C=O) groups is 2. The number of likely N-dealkylation sites (tertiary alicyclic amines) is 1. The lowest BCUT2D eigenvalue weighted by Crippen LogP contribution is -2.30. The van der Waals surface area contributed by atoms with Gasteiger partial charge in [-0.3, -0.25) is 14.6 Å². The number of ether oxygens (including phenoxy) is 1. The van der Waals surface area contributed by atoms with Gasteiger partial charge in [-0.2, -0.15) is 0 Å². The monoisotopic (exact) mass is 657 g/mol. The first-order valence-electron chi connectivity index (χ1n) is 15.6. The summed E-state index contributed by atoms with van der Waals surface area (Å²) in [5, 5.41) is 18.6. The van der Waals surface area contributed by atoms with E-state index < -0.39 is 18.0 Å². The van der Waals surface area contributed by atoms with Crippen LogP contribution in [0.15, 0.2) is 79.4 Å². The number of benzene rings is 2. The highest BCUT2D eigenvalue weighted by Gasteiger charge is 2.17. The minimum Gasteiger partial charge on any atom is -0.453 e. The van der Waals surface area contributed by atoms with Gasteiger partial charge in [0.15, 0.2) is 11.6 Å². The van der Waals surface area contributed by atoms with Crippen molar-refractivity contribution in [2.24, 2.45) is 0 Å². The molecule has 1 unspecified atom stereocenters. The van der Waals surface area contributed by atoms with Gasteiger partial charge < -0.3 is 35.3 Å². The number of thiophene rings is 1. The van der Waals surface area contributed by atoms with Crippen LogP contribution in [0.2, 0.25) is 0 Å². The zero-order valence-corrected chi connectivity index (χ0v) is 26.5. The molecule has 1 aliphatic rings. The van der Waals surface area contributed by atoms with Crippen molar-refractivity contribution in [2.45, 2.75) is 38.5 Å². The maximum Gasteiger partial charge on any atom is 0.239 e. The summed E-state index contributed by atoms with van der Waals surface area (Å²) in [7, 11) is 0. The minimum absolute atomic E-state index is 0.0213. The fraction of sp³-hybridized carbons (Fsp3) is 0.294. The van der Waals surface area contributed by atoms with Crippen LogP contribution in [0, 0.1) is 5.82 Å². The summed E-state index contributed by atoms with van der Waals surface area (Å²) >= 11 is 1.40. The van der Waals surface area contributed by atoms with Crippen molar-refractivity contribution >= 4 is 44.7 Å². The molecule has 0 bridgehead atoms. The van der Waals surface area contributed by atoms with Gasteiger partial charge in [0.2, 0.25) is 11.8 Å². The lowest BCUT2D eigenvalue weighted by molar-refractivity contribution is -0.121. The third kappa shape index (κ3) is 8.70. The second kappa shape index (κ2) is 15.2. The first-order valence-corrected chi connectivity index (χ1v) is 16.4. The lowest BCUT2D eigenvalue weighted by Gasteiger charge is -2.14. The van der Waals surface area contributed by atoms with Crippen LogP contribution < -0.4 is 20.7 Å². The topological polar surface area (TPSA) is 134 Å². The van der Waals surface area contributed by atoms with E-state index in [1.165, 1.54) is 42.4 Å². The zero-order valence-electron chi connectivity index (χ0n) is 25.7. The molecule has 11 nitrogen and oxygen atoms in total. The first kappa shape index (κ1) is 32.1. The quantitative estimate of drug-likeness (QED) is 0.0916. The molecular weight excluding hydrogens is 621 g/mol. The molecule has 4 heterocycles. The smallest absolute Gasteiger partial charge is 0.239 e. The Morgan fingerprint density at radius 3 is 2.64 bits per heavy atom. The van der Waals surface area contributed by atoms with Crippen molar-refractivity contribution in [3.05, 3.63) is 85.2 Å². The van der Waals surface area contributed by atoms with Crippen LogP contribution in [0.25, 0.3) is 20.8 Å². The number of amides is 2. The summed E-state index contributed by atoms with van der Waals surface area (Å²) in [5.74, 6) is -0.807. The number of nitrogens with zero attached hydrogens (tertiary/aromatic N) is 4. The molecule has 1 atom stereocenters. The summed E-state index contributed by atoms with van der Waals surface area (Å²) in [6, 6.07) is 16.7. The van der Waals surface area contributed by atoms with Crippen LogP contribution in [0.4, 0.5) is 15.8 Å². The number of halogens is 1. The largest absolute Gasteiger partial charge is 0.453 e. The molecular formula is C34H36FN7O4S. The number of aromatic nitrogens is 3. The SMILES string of the molecule is O=C(Cn1cnc(-c2cc3nccc(Oc4ccc(NC(=O)CC(O)Nc5ccccc5)cc4F)c3s2)c1)NCCCN1CCCC1. The highest BCUT2D eigenvalue weighted by molar-refractivity contribution is 7.22. The Morgan fingerprint density at radius 2 is 1.83 bits per heavy atom. The Morgan fingerprint density at radius 1 is 1.00 bits per heavy atom. The van der Waals surface area contributed by atoms with Gasteiger partial charge in [-0.25, -0.2) is 9.37 Å². The van der Waals surface area contributed by atoms with Gasteiger partial charge in [-0.15, -0.1) is 11.3 Å². The number of imidazole rings is 1. The maximum absolute atomic E-state index is 15.1. The van der Waals surface area contributed by atoms with E-state index in [9.17, 15) is 14.7 Å². The molecule has 1 saturated heterocycles. The second-order valence-electron chi connectivity index (χ2n) is 11.3. The van der Waals surface area contributed by atoms with Crippen LogP contribution >= 0.6 is 11.3 Å². The molecule has 0 aliphatic carbocycles. The van der Waals surface area contributed by atoms with Crippen molar-refractivity contribution in [3.63, 3.8) is 0 Å². The Balaban J connectivity index is 1.04. The average molecular weight is 658 g/mol. The number of rotatable bonds is 14. The zero-order chi connectivity index (χ0) is 32.6. The molecule has 1 aliphatic heterocycles. The number of hydrogen-bond donors (Lipinski definition) is 4. The van der Waals surface area contributed by atoms with Crippen LogP contribution in [-0.4, -0.2) is 68.8 Å². The average Bonchev–Trinajstić information content (AvgIpc) is 3.83. The maximum atomic E-state index is 15.1. The van der Waals surface area contributed by atoms with E-state index in [4.69, 9.17) is 4.74 Å². The number of para-hydroxylation sites is 1. The highest BCUT2D eigenvalue weighted by atomic mass is 32.1. The number of nitrogens with one attached hydrogen (secondary N) is 3. The number of carbonyl (C=O) groups excluding carboxylic acids is 2. The van der Waals surface area contributed by atoms with E-state index in [0.717, 1.165) is 30.9 Å². The van der Waals surface area contributed by atoms with Gasteiger partial charge in [-0.1, -0.05) is 18.2 Å². The van der Waals surface area contributed by atoms with Crippen LogP contribution in [0.5, 0.6) is 11.5 Å². The van der Waals surface area contributed by atoms with E-state index in [1.54, 1.807) is 35.3 Å². The van der Waals surface area contributed by atoms with Gasteiger partial charge >= 0.3 is 0 Å². The molecule has 0 saturated carbocycles. The second-order valence-corrected chi connectivity index (χ2v) is 12.4. The van der Waals surface area contributed by atoms with Crippen molar-refractivity contribution in [2.75, 3.05) is 36.8 Å². The number of pyridine rings is 1. The van der Waals surface area contributed by atoms with Gasteiger partial charge in [0.05, 0.1) is 33.5 Å². The van der Waals surface area contributed by atoms with Gasteiger partial charge in [0.25, 0.3) is 0 Å².